The quantitative estimate of drug-likeness (QED) is 0.189. The molecule has 0 spiro atoms. The molecule has 3 rings (SSSR count). The van der Waals surface area contributed by atoms with Gasteiger partial charge in [-0.15, -0.1) is 0 Å². The average Bonchev–Trinajstić information content (AvgIpc) is 3.13. The molecule has 0 aromatic heterocycles. The van der Waals surface area contributed by atoms with E-state index in [1.807, 2.05) is 0 Å². The first kappa shape index (κ1) is 38.8. The van der Waals surface area contributed by atoms with Crippen molar-refractivity contribution in [1.29, 1.82) is 0 Å². The van der Waals surface area contributed by atoms with E-state index < -0.39 is 54.7 Å². The second-order valence-electron chi connectivity index (χ2n) is 7.72. The van der Waals surface area contributed by atoms with Crippen LogP contribution in [0.2, 0.25) is 0 Å². The SMILES string of the molecule is COc1cc(S(=O)(=O)CCOS(=O)(=O)O)c(OC)cc1N=NC1C(=O)N(c2ccc(S(=O)(=O)O)cc2)N=C1C.[K].[K]. The van der Waals surface area contributed by atoms with E-state index in [4.69, 9.17) is 18.6 Å². The normalized spacial score (nSPS) is 15.7. The second kappa shape index (κ2) is 15.7. The van der Waals surface area contributed by atoms with Gasteiger partial charge in [0.05, 0.1) is 42.9 Å². The van der Waals surface area contributed by atoms with Gasteiger partial charge in [0, 0.05) is 115 Å². The summed E-state index contributed by atoms with van der Waals surface area (Å²) in [6, 6.07) is 5.80. The molecule has 0 fully saturated rings. The molecule has 2 aromatic carbocycles. The van der Waals surface area contributed by atoms with Crippen molar-refractivity contribution in [2.75, 3.05) is 31.6 Å². The van der Waals surface area contributed by atoms with E-state index in [2.05, 4.69) is 19.5 Å². The van der Waals surface area contributed by atoms with Gasteiger partial charge in [0.25, 0.3) is 16.0 Å². The molecule has 2 radical (unpaired) electrons. The first-order valence-electron chi connectivity index (χ1n) is 10.6. The Balaban J connectivity index is 0.00000420. The van der Waals surface area contributed by atoms with Crippen LogP contribution in [-0.4, -0.2) is 181 Å². The molecule has 21 heteroatoms. The zero-order valence-corrected chi connectivity index (χ0v) is 31.1. The third-order valence-electron chi connectivity index (χ3n) is 5.14. The molecule has 1 aliphatic rings. The minimum absolute atomic E-state index is 0. The van der Waals surface area contributed by atoms with Crippen molar-refractivity contribution in [3.8, 4) is 11.5 Å². The monoisotopic (exact) mass is 684 g/mol. The number of hydrogen-bond donors (Lipinski definition) is 2. The van der Waals surface area contributed by atoms with Crippen LogP contribution >= 0.6 is 0 Å². The number of amides is 1. The average molecular weight is 685 g/mol. The molecule has 1 heterocycles. The van der Waals surface area contributed by atoms with Crippen LogP contribution in [0.3, 0.4) is 0 Å². The number of ether oxygens (including phenoxy) is 2. The molecule has 2 N–H and O–H groups in total. The van der Waals surface area contributed by atoms with E-state index in [1.165, 1.54) is 39.3 Å². The van der Waals surface area contributed by atoms with Gasteiger partial charge in [-0.1, -0.05) is 0 Å². The Hall–Kier alpha value is -0.217. The predicted octanol–water partition coefficient (Wildman–Crippen LogP) is 0.657. The zero-order valence-electron chi connectivity index (χ0n) is 22.4. The summed E-state index contributed by atoms with van der Waals surface area (Å²) in [5.74, 6) is -1.72. The van der Waals surface area contributed by atoms with E-state index in [0.717, 1.165) is 23.2 Å². The van der Waals surface area contributed by atoms with Crippen molar-refractivity contribution < 1.29 is 52.8 Å². The minimum Gasteiger partial charge on any atom is -0.495 e. The second-order valence-corrected chi connectivity index (χ2v) is 12.3. The number of hydrogen-bond acceptors (Lipinski definition) is 13. The summed E-state index contributed by atoms with van der Waals surface area (Å²) in [6.45, 7) is 0.655. The van der Waals surface area contributed by atoms with E-state index in [0.29, 0.717) is 0 Å². The van der Waals surface area contributed by atoms with Gasteiger partial charge in [0.1, 0.15) is 22.1 Å². The molecule has 0 saturated heterocycles. The van der Waals surface area contributed by atoms with Crippen molar-refractivity contribution >= 4 is 156 Å². The Labute approximate surface area is 321 Å². The third kappa shape index (κ3) is 10.2. The van der Waals surface area contributed by atoms with E-state index in [9.17, 15) is 30.0 Å². The van der Waals surface area contributed by atoms with Crippen LogP contribution in [0.15, 0.2) is 61.5 Å². The molecule has 214 valence electrons. The van der Waals surface area contributed by atoms with Gasteiger partial charge >= 0.3 is 10.4 Å². The number of methoxy groups -OCH3 is 2. The number of carbonyl (C=O) groups excluding carboxylic acids is 1. The first-order chi connectivity index (χ1) is 18.1. The summed E-state index contributed by atoms with van der Waals surface area (Å²) in [6.07, 6.45) is 0. The molecule has 1 atom stereocenters. The molecule has 1 amide bonds. The maximum atomic E-state index is 12.9. The Morgan fingerprint density at radius 2 is 1.54 bits per heavy atom. The van der Waals surface area contributed by atoms with E-state index in [1.54, 1.807) is 0 Å². The Morgan fingerprint density at radius 1 is 0.951 bits per heavy atom. The zero-order chi connectivity index (χ0) is 29.2. The first-order valence-corrected chi connectivity index (χ1v) is 15.0. The molecule has 41 heavy (non-hydrogen) atoms. The molecule has 0 bridgehead atoms. The molecule has 2 aromatic rings. The third-order valence-corrected chi connectivity index (χ3v) is 8.17. The topological polar surface area (TPSA) is 228 Å². The van der Waals surface area contributed by atoms with Crippen LogP contribution in [0.25, 0.3) is 0 Å². The van der Waals surface area contributed by atoms with E-state index in [-0.39, 0.29) is 141 Å². The van der Waals surface area contributed by atoms with Crippen LogP contribution in [0.5, 0.6) is 11.5 Å². The van der Waals surface area contributed by atoms with Gasteiger partial charge < -0.3 is 9.47 Å². The van der Waals surface area contributed by atoms with Crippen LogP contribution < -0.4 is 14.5 Å². The van der Waals surface area contributed by atoms with Crippen molar-refractivity contribution in [2.24, 2.45) is 15.3 Å². The van der Waals surface area contributed by atoms with Crippen LogP contribution in [0.4, 0.5) is 11.4 Å². The fourth-order valence-corrected chi connectivity index (χ4v) is 5.42. The number of sulfone groups is 1. The minimum atomic E-state index is -4.84. The number of anilines is 1. The Morgan fingerprint density at radius 3 is 2.05 bits per heavy atom. The summed E-state index contributed by atoms with van der Waals surface area (Å²) < 4.78 is 101. The molecule has 1 aliphatic heterocycles. The maximum absolute atomic E-state index is 12.9. The molecular weight excluding hydrogens is 663 g/mol. The predicted molar refractivity (Wildman–Crippen MR) is 146 cm³/mol. The number of hydrazone groups is 1. The van der Waals surface area contributed by atoms with Gasteiger partial charge in [0.15, 0.2) is 15.9 Å². The molecular formula is C20H22K2N4O12S3. The van der Waals surface area contributed by atoms with E-state index >= 15 is 0 Å². The summed E-state index contributed by atoms with van der Waals surface area (Å²) in [5.41, 5.74) is 0.432. The number of nitrogens with zero attached hydrogens (tertiary/aromatic N) is 4. The van der Waals surface area contributed by atoms with Crippen molar-refractivity contribution in [2.45, 2.75) is 22.8 Å². The molecule has 1 unspecified atom stereocenters. The standard InChI is InChI=1S/C20H22N4O12S3.2K/c1-12-19(20(25)24(23-12)13-4-6-14(7-5-13)38(28,29)30)22-21-15-10-17(35-3)18(11-16(15)34-2)37(26,27)9-8-36-39(31,32)33;;/h4-7,10-11,19H,8-9H2,1-3H3,(H,28,29,30)(H,31,32,33);;. The number of rotatable bonds is 11. The number of carbonyl (C=O) groups is 1. The van der Waals surface area contributed by atoms with Crippen LogP contribution in [-0.2, 0) is 39.3 Å². The van der Waals surface area contributed by atoms with Crippen LogP contribution in [0, 0.1) is 0 Å². The van der Waals surface area contributed by atoms with Gasteiger partial charge in [-0.3, -0.25) is 13.9 Å². The summed E-state index contributed by atoms with van der Waals surface area (Å²) in [7, 11) is -11.0. The van der Waals surface area contributed by atoms with Gasteiger partial charge in [-0.2, -0.15) is 37.2 Å². The summed E-state index contributed by atoms with van der Waals surface area (Å²) in [4.78, 5) is 12.2. The maximum Gasteiger partial charge on any atom is 0.397 e. The van der Waals surface area contributed by atoms with Crippen LogP contribution in [0.1, 0.15) is 6.92 Å². The fraction of sp³-hybridized carbons (Fsp3) is 0.300. The fourth-order valence-electron chi connectivity index (χ4n) is 3.29. The van der Waals surface area contributed by atoms with Gasteiger partial charge in [-0.25, -0.2) is 12.6 Å². The summed E-state index contributed by atoms with van der Waals surface area (Å²) in [5, 5.41) is 13.1. The van der Waals surface area contributed by atoms with Crippen molar-refractivity contribution in [3.05, 3.63) is 36.4 Å². The smallest absolute Gasteiger partial charge is 0.397 e. The molecule has 16 nitrogen and oxygen atoms in total. The number of benzene rings is 2. The Kier molecular flexibility index (Phi) is 14.8. The summed E-state index contributed by atoms with van der Waals surface area (Å²) >= 11 is 0. The van der Waals surface area contributed by atoms with Crippen molar-refractivity contribution in [1.82, 2.24) is 0 Å². The largest absolute Gasteiger partial charge is 0.495 e. The molecule has 0 saturated carbocycles. The molecule has 0 aliphatic carbocycles. The van der Waals surface area contributed by atoms with Gasteiger partial charge in [-0.05, 0) is 31.2 Å². The van der Waals surface area contributed by atoms with Gasteiger partial charge in [0.2, 0.25) is 0 Å². The van der Waals surface area contributed by atoms with Crippen molar-refractivity contribution in [3.63, 3.8) is 0 Å². The number of azo groups is 1. The Bertz CT molecular complexity index is 1660.